The van der Waals surface area contributed by atoms with Gasteiger partial charge in [0, 0.05) is 12.1 Å². The van der Waals surface area contributed by atoms with Crippen LogP contribution in [0.2, 0.25) is 0 Å². The highest BCUT2D eigenvalue weighted by Crippen LogP contribution is 2.24. The standard InChI is InChI=1S/C13H16N4OS/c1-4-12(18)16-10-6-5-9(2)11(7-10)17-13(19-3)15-8-14/h5-7H,4H2,1-3H3,(H,15,17)(H,16,18). The zero-order valence-electron chi connectivity index (χ0n) is 11.2. The van der Waals surface area contributed by atoms with Crippen LogP contribution in [0.3, 0.4) is 0 Å². The zero-order chi connectivity index (χ0) is 14.3. The lowest BCUT2D eigenvalue weighted by Crippen LogP contribution is -2.12. The van der Waals surface area contributed by atoms with Gasteiger partial charge in [0.1, 0.15) is 0 Å². The molecule has 0 fully saturated rings. The molecule has 1 rings (SSSR count). The van der Waals surface area contributed by atoms with E-state index in [1.54, 1.807) is 13.0 Å². The van der Waals surface area contributed by atoms with Crippen LogP contribution in [0, 0.1) is 18.4 Å². The smallest absolute Gasteiger partial charge is 0.224 e. The van der Waals surface area contributed by atoms with Crippen LogP contribution in [-0.4, -0.2) is 17.3 Å². The Hall–Kier alpha value is -2.00. The maximum absolute atomic E-state index is 11.4. The van der Waals surface area contributed by atoms with E-state index in [9.17, 15) is 4.79 Å². The minimum Gasteiger partial charge on any atom is -0.326 e. The number of nitriles is 1. The molecule has 0 bridgehead atoms. The first-order valence-electron chi connectivity index (χ1n) is 5.79. The van der Waals surface area contributed by atoms with Gasteiger partial charge >= 0.3 is 0 Å². The van der Waals surface area contributed by atoms with E-state index in [1.807, 2.05) is 31.5 Å². The molecule has 1 aromatic rings. The maximum Gasteiger partial charge on any atom is 0.224 e. The number of nitrogens with zero attached hydrogens (tertiary/aromatic N) is 2. The molecule has 1 amide bonds. The minimum atomic E-state index is -0.0426. The van der Waals surface area contributed by atoms with E-state index >= 15 is 0 Å². The molecule has 1 aromatic carbocycles. The summed E-state index contributed by atoms with van der Waals surface area (Å²) >= 11 is 1.35. The third-order valence-electron chi connectivity index (χ3n) is 2.39. The number of carbonyl (C=O) groups excluding carboxylic acids is 1. The summed E-state index contributed by atoms with van der Waals surface area (Å²) in [5.74, 6) is -0.0426. The van der Waals surface area contributed by atoms with Crippen LogP contribution in [0.4, 0.5) is 11.4 Å². The number of thioether (sulfide) groups is 1. The van der Waals surface area contributed by atoms with Crippen LogP contribution in [0.5, 0.6) is 0 Å². The van der Waals surface area contributed by atoms with Crippen molar-refractivity contribution in [2.75, 3.05) is 11.6 Å². The summed E-state index contributed by atoms with van der Waals surface area (Å²) in [6.45, 7) is 3.72. The molecule has 0 spiro atoms. The van der Waals surface area contributed by atoms with Crippen LogP contribution in [0.1, 0.15) is 18.9 Å². The van der Waals surface area contributed by atoms with Crippen molar-refractivity contribution < 1.29 is 4.79 Å². The average Bonchev–Trinajstić information content (AvgIpc) is 2.41. The van der Waals surface area contributed by atoms with Gasteiger partial charge < -0.3 is 5.32 Å². The fourth-order valence-corrected chi connectivity index (χ4v) is 1.68. The van der Waals surface area contributed by atoms with Gasteiger partial charge in [-0.3, -0.25) is 10.1 Å². The second-order valence-electron chi connectivity index (χ2n) is 3.76. The first-order valence-corrected chi connectivity index (χ1v) is 7.01. The predicted molar refractivity (Wildman–Crippen MR) is 79.5 cm³/mol. The van der Waals surface area contributed by atoms with E-state index in [1.165, 1.54) is 11.8 Å². The van der Waals surface area contributed by atoms with Gasteiger partial charge in [0.25, 0.3) is 0 Å². The van der Waals surface area contributed by atoms with Crippen LogP contribution in [0.15, 0.2) is 23.2 Å². The molecule has 100 valence electrons. The summed E-state index contributed by atoms with van der Waals surface area (Å²) in [6, 6.07) is 5.50. The molecule has 0 atom stereocenters. The predicted octanol–water partition coefficient (Wildman–Crippen LogP) is 2.76. The number of amides is 1. The Bertz CT molecular complexity index is 534. The summed E-state index contributed by atoms with van der Waals surface area (Å²) in [4.78, 5) is 15.7. The number of amidine groups is 1. The second-order valence-corrected chi connectivity index (χ2v) is 4.56. The highest BCUT2D eigenvalue weighted by atomic mass is 32.2. The van der Waals surface area contributed by atoms with Gasteiger partial charge in [-0.2, -0.15) is 5.26 Å². The Morgan fingerprint density at radius 3 is 2.84 bits per heavy atom. The Kier molecular flexibility index (Phi) is 5.90. The number of benzene rings is 1. The average molecular weight is 276 g/mol. The molecular formula is C13H16N4OS. The Morgan fingerprint density at radius 1 is 1.53 bits per heavy atom. The summed E-state index contributed by atoms with van der Waals surface area (Å²) in [5.41, 5.74) is 2.40. The third-order valence-corrected chi connectivity index (χ3v) is 2.97. The molecule has 2 N–H and O–H groups in total. The number of hydrogen-bond acceptors (Lipinski definition) is 4. The normalized spacial score (nSPS) is 10.7. The highest BCUT2D eigenvalue weighted by molar-refractivity contribution is 8.13. The quantitative estimate of drug-likeness (QED) is 0.385. The lowest BCUT2D eigenvalue weighted by atomic mass is 10.2. The van der Waals surface area contributed by atoms with Crippen molar-refractivity contribution in [3.63, 3.8) is 0 Å². The van der Waals surface area contributed by atoms with E-state index in [0.717, 1.165) is 11.3 Å². The molecule has 0 aliphatic carbocycles. The fourth-order valence-electron chi connectivity index (χ4n) is 1.34. The fraction of sp³-hybridized carbons (Fsp3) is 0.308. The van der Waals surface area contributed by atoms with Crippen molar-refractivity contribution in [3.8, 4) is 6.19 Å². The van der Waals surface area contributed by atoms with Crippen LogP contribution >= 0.6 is 11.8 Å². The Morgan fingerprint density at radius 2 is 2.26 bits per heavy atom. The van der Waals surface area contributed by atoms with Crippen molar-refractivity contribution in [2.45, 2.75) is 20.3 Å². The molecule has 0 aliphatic rings. The number of aryl methyl sites for hydroxylation is 1. The van der Waals surface area contributed by atoms with Gasteiger partial charge in [0.05, 0.1) is 5.69 Å². The number of rotatable bonds is 3. The molecule has 0 saturated carbocycles. The lowest BCUT2D eigenvalue weighted by molar-refractivity contribution is -0.115. The van der Waals surface area contributed by atoms with Gasteiger partial charge in [-0.1, -0.05) is 24.8 Å². The molecule has 0 saturated heterocycles. The lowest BCUT2D eigenvalue weighted by Gasteiger charge is -2.07. The SMILES string of the molecule is CCC(=O)Nc1ccc(C)c(N=C(NC#N)SC)c1. The summed E-state index contributed by atoms with van der Waals surface area (Å²) < 4.78 is 0. The van der Waals surface area contributed by atoms with Gasteiger partial charge in [0.2, 0.25) is 5.91 Å². The molecule has 0 unspecified atom stereocenters. The molecular weight excluding hydrogens is 260 g/mol. The van der Waals surface area contributed by atoms with Crippen molar-refractivity contribution in [2.24, 2.45) is 4.99 Å². The largest absolute Gasteiger partial charge is 0.326 e. The minimum absolute atomic E-state index is 0.0426. The van der Waals surface area contributed by atoms with E-state index in [0.29, 0.717) is 17.3 Å². The Labute approximate surface area is 117 Å². The molecule has 5 nitrogen and oxygen atoms in total. The number of carbonyl (C=O) groups is 1. The number of hydrogen-bond donors (Lipinski definition) is 2. The molecule has 0 aromatic heterocycles. The monoisotopic (exact) mass is 276 g/mol. The van der Waals surface area contributed by atoms with Crippen LogP contribution < -0.4 is 10.6 Å². The first kappa shape index (κ1) is 15.1. The van der Waals surface area contributed by atoms with E-state index in [4.69, 9.17) is 5.26 Å². The van der Waals surface area contributed by atoms with Gasteiger partial charge in [0.15, 0.2) is 11.4 Å². The number of aliphatic imine (C=N–C) groups is 1. The van der Waals surface area contributed by atoms with Crippen molar-refractivity contribution in [3.05, 3.63) is 23.8 Å². The zero-order valence-corrected chi connectivity index (χ0v) is 12.0. The molecule has 0 aliphatic heterocycles. The highest BCUT2D eigenvalue weighted by Gasteiger charge is 2.04. The first-order chi connectivity index (χ1) is 9.10. The number of anilines is 1. The molecule has 6 heteroatoms. The van der Waals surface area contributed by atoms with Crippen molar-refractivity contribution in [1.82, 2.24) is 5.32 Å². The van der Waals surface area contributed by atoms with E-state index in [-0.39, 0.29) is 5.91 Å². The van der Waals surface area contributed by atoms with Crippen LogP contribution in [-0.2, 0) is 4.79 Å². The van der Waals surface area contributed by atoms with E-state index < -0.39 is 0 Å². The molecule has 0 heterocycles. The maximum atomic E-state index is 11.4. The summed E-state index contributed by atoms with van der Waals surface area (Å²) in [7, 11) is 0. The summed E-state index contributed by atoms with van der Waals surface area (Å²) in [5, 5.41) is 14.4. The van der Waals surface area contributed by atoms with Crippen molar-refractivity contribution >= 4 is 34.2 Å². The number of nitrogens with one attached hydrogen (secondary N) is 2. The van der Waals surface area contributed by atoms with Crippen molar-refractivity contribution in [1.29, 1.82) is 5.26 Å². The molecule has 0 radical (unpaired) electrons. The van der Waals surface area contributed by atoms with Crippen LogP contribution in [0.25, 0.3) is 0 Å². The Balaban J connectivity index is 3.03. The molecule has 19 heavy (non-hydrogen) atoms. The summed E-state index contributed by atoms with van der Waals surface area (Å²) in [6.07, 6.45) is 4.11. The van der Waals surface area contributed by atoms with Gasteiger partial charge in [-0.25, -0.2) is 4.99 Å². The third kappa shape index (κ3) is 4.64. The topological polar surface area (TPSA) is 77.3 Å². The second kappa shape index (κ2) is 7.44. The van der Waals surface area contributed by atoms with Gasteiger partial charge in [-0.05, 0) is 30.9 Å². The van der Waals surface area contributed by atoms with Gasteiger partial charge in [-0.15, -0.1) is 0 Å². The van der Waals surface area contributed by atoms with E-state index in [2.05, 4.69) is 15.6 Å².